The number of carbonyl (C=O) groups is 2. The molecule has 0 saturated heterocycles. The van der Waals surface area contributed by atoms with E-state index in [9.17, 15) is 9.59 Å². The second-order valence-corrected chi connectivity index (χ2v) is 3.53. The van der Waals surface area contributed by atoms with E-state index in [1.54, 1.807) is 13.0 Å². The number of amides is 1. The van der Waals surface area contributed by atoms with E-state index < -0.39 is 12.1 Å². The molecule has 1 aromatic rings. The van der Waals surface area contributed by atoms with Crippen molar-refractivity contribution in [1.29, 1.82) is 0 Å². The number of ether oxygens (including phenoxy) is 1. The summed E-state index contributed by atoms with van der Waals surface area (Å²) in [5.74, 6) is -1.04. The molecular weight excluding hydrogens is 236 g/mol. The summed E-state index contributed by atoms with van der Waals surface area (Å²) in [6, 6.07) is 2.60. The summed E-state index contributed by atoms with van der Waals surface area (Å²) >= 11 is 0. The molecule has 6 nitrogen and oxygen atoms in total. The molecule has 0 fully saturated rings. The van der Waals surface area contributed by atoms with E-state index in [-0.39, 0.29) is 18.2 Å². The first kappa shape index (κ1) is 13.7. The van der Waals surface area contributed by atoms with Gasteiger partial charge in [0.1, 0.15) is 6.61 Å². The minimum atomic E-state index is -1.04. The number of carboxylic acids is 1. The van der Waals surface area contributed by atoms with Gasteiger partial charge in [-0.2, -0.15) is 0 Å². The van der Waals surface area contributed by atoms with Gasteiger partial charge in [0.2, 0.25) is 0 Å². The quantitative estimate of drug-likeness (QED) is 0.777. The lowest BCUT2D eigenvalue weighted by Crippen LogP contribution is -2.28. The molecule has 1 atom stereocenters. The summed E-state index contributed by atoms with van der Waals surface area (Å²) in [5.41, 5.74) is 0.649. The van der Waals surface area contributed by atoms with Crippen LogP contribution in [0.4, 0.5) is 4.79 Å². The van der Waals surface area contributed by atoms with Crippen LogP contribution in [-0.4, -0.2) is 28.8 Å². The topological polar surface area (TPSA) is 88.5 Å². The molecule has 0 aliphatic rings. The van der Waals surface area contributed by atoms with Gasteiger partial charge in [-0.05, 0) is 19.1 Å². The van der Waals surface area contributed by atoms with Gasteiger partial charge in [0.05, 0.1) is 17.3 Å². The molecule has 1 amide bonds. The molecular formula is C12H14N2O4. The largest absolute Gasteiger partial charge is 0.478 e. The Bertz CT molecular complexity index is 442. The number of aromatic nitrogens is 1. The number of carbonyl (C=O) groups excluding carboxylic acids is 1. The van der Waals surface area contributed by atoms with Crippen molar-refractivity contribution in [2.45, 2.75) is 13.0 Å². The van der Waals surface area contributed by atoms with Crippen molar-refractivity contribution < 1.29 is 19.4 Å². The fraction of sp³-hybridized carbons (Fsp3) is 0.250. The SMILES string of the molecule is C=CCOC(=O)NC(C)c1ccc(C(=O)O)cn1. The molecule has 1 heterocycles. The summed E-state index contributed by atoms with van der Waals surface area (Å²) in [7, 11) is 0. The first-order chi connectivity index (χ1) is 8.54. The Morgan fingerprint density at radius 2 is 2.33 bits per heavy atom. The molecule has 1 rings (SSSR count). The predicted octanol–water partition coefficient (Wildman–Crippen LogP) is 1.75. The zero-order valence-electron chi connectivity index (χ0n) is 9.92. The van der Waals surface area contributed by atoms with Crippen molar-refractivity contribution in [3.05, 3.63) is 42.2 Å². The molecule has 1 unspecified atom stereocenters. The Balaban J connectivity index is 2.61. The number of rotatable bonds is 5. The molecule has 1 aromatic heterocycles. The van der Waals surface area contributed by atoms with Crippen molar-refractivity contribution in [3.63, 3.8) is 0 Å². The van der Waals surface area contributed by atoms with Crippen LogP contribution >= 0.6 is 0 Å². The van der Waals surface area contributed by atoms with E-state index in [1.165, 1.54) is 18.3 Å². The first-order valence-corrected chi connectivity index (χ1v) is 5.28. The molecule has 0 aromatic carbocycles. The number of alkyl carbamates (subject to hydrolysis) is 1. The Morgan fingerprint density at radius 3 is 2.83 bits per heavy atom. The molecule has 6 heteroatoms. The fourth-order valence-electron chi connectivity index (χ4n) is 1.21. The zero-order valence-corrected chi connectivity index (χ0v) is 9.92. The van der Waals surface area contributed by atoms with Crippen molar-refractivity contribution in [1.82, 2.24) is 10.3 Å². The van der Waals surface area contributed by atoms with Gasteiger partial charge in [-0.15, -0.1) is 0 Å². The summed E-state index contributed by atoms with van der Waals surface area (Å²) in [5, 5.41) is 11.3. The highest BCUT2D eigenvalue weighted by Gasteiger charge is 2.12. The number of aromatic carboxylic acids is 1. The van der Waals surface area contributed by atoms with E-state index >= 15 is 0 Å². The van der Waals surface area contributed by atoms with Crippen LogP contribution in [-0.2, 0) is 4.74 Å². The van der Waals surface area contributed by atoms with Gasteiger partial charge in [-0.25, -0.2) is 9.59 Å². The van der Waals surface area contributed by atoms with Crippen LogP contribution in [0, 0.1) is 0 Å². The third-order valence-corrected chi connectivity index (χ3v) is 2.14. The maximum Gasteiger partial charge on any atom is 0.407 e. The van der Waals surface area contributed by atoms with Gasteiger partial charge in [-0.1, -0.05) is 12.7 Å². The Labute approximate surface area is 104 Å². The van der Waals surface area contributed by atoms with Gasteiger partial charge >= 0.3 is 12.1 Å². The number of hydrogen-bond acceptors (Lipinski definition) is 4. The predicted molar refractivity (Wildman–Crippen MR) is 64.3 cm³/mol. The average molecular weight is 250 g/mol. The first-order valence-electron chi connectivity index (χ1n) is 5.28. The lowest BCUT2D eigenvalue weighted by atomic mass is 10.2. The van der Waals surface area contributed by atoms with Crippen molar-refractivity contribution in [2.75, 3.05) is 6.61 Å². The van der Waals surface area contributed by atoms with Crippen LogP contribution < -0.4 is 5.32 Å². The highest BCUT2D eigenvalue weighted by molar-refractivity contribution is 5.87. The monoisotopic (exact) mass is 250 g/mol. The number of carboxylic acid groups (broad SMARTS) is 1. The van der Waals surface area contributed by atoms with E-state index in [2.05, 4.69) is 16.9 Å². The van der Waals surface area contributed by atoms with Crippen LogP contribution in [0.15, 0.2) is 31.0 Å². The van der Waals surface area contributed by atoms with Crippen molar-refractivity contribution >= 4 is 12.1 Å². The van der Waals surface area contributed by atoms with Gasteiger partial charge in [0.15, 0.2) is 0 Å². The minimum Gasteiger partial charge on any atom is -0.478 e. The smallest absolute Gasteiger partial charge is 0.407 e. The second-order valence-electron chi connectivity index (χ2n) is 3.53. The lowest BCUT2D eigenvalue weighted by Gasteiger charge is -2.13. The van der Waals surface area contributed by atoms with Crippen molar-refractivity contribution in [2.24, 2.45) is 0 Å². The second kappa shape index (κ2) is 6.39. The Hall–Kier alpha value is -2.37. The average Bonchev–Trinajstić information content (AvgIpc) is 2.36. The van der Waals surface area contributed by atoms with Gasteiger partial charge in [0, 0.05) is 6.20 Å². The lowest BCUT2D eigenvalue weighted by molar-refractivity contribution is 0.0696. The van der Waals surface area contributed by atoms with Gasteiger partial charge in [0.25, 0.3) is 0 Å². The molecule has 0 bridgehead atoms. The normalized spacial score (nSPS) is 11.4. The number of nitrogens with zero attached hydrogens (tertiary/aromatic N) is 1. The number of pyridine rings is 1. The minimum absolute atomic E-state index is 0.0974. The Morgan fingerprint density at radius 1 is 1.61 bits per heavy atom. The fourth-order valence-corrected chi connectivity index (χ4v) is 1.21. The molecule has 2 N–H and O–H groups in total. The third-order valence-electron chi connectivity index (χ3n) is 2.14. The maximum absolute atomic E-state index is 11.3. The standard InChI is InChI=1S/C12H14N2O4/c1-3-6-18-12(17)14-8(2)10-5-4-9(7-13-10)11(15)16/h3-5,7-8H,1,6H2,2H3,(H,14,17)(H,15,16). The maximum atomic E-state index is 11.3. The molecule has 96 valence electrons. The van der Waals surface area contributed by atoms with Gasteiger partial charge < -0.3 is 15.2 Å². The highest BCUT2D eigenvalue weighted by atomic mass is 16.5. The number of hydrogen-bond donors (Lipinski definition) is 2. The summed E-state index contributed by atoms with van der Waals surface area (Å²) < 4.78 is 4.76. The highest BCUT2D eigenvalue weighted by Crippen LogP contribution is 2.10. The van der Waals surface area contributed by atoms with Crippen LogP contribution in [0.3, 0.4) is 0 Å². The van der Waals surface area contributed by atoms with E-state index in [1.807, 2.05) is 0 Å². The molecule has 0 radical (unpaired) electrons. The van der Waals surface area contributed by atoms with Crippen LogP contribution in [0.25, 0.3) is 0 Å². The van der Waals surface area contributed by atoms with E-state index in [0.29, 0.717) is 5.69 Å². The summed E-state index contributed by atoms with van der Waals surface area (Å²) in [6.07, 6.45) is 2.13. The molecule has 0 spiro atoms. The van der Waals surface area contributed by atoms with Gasteiger partial charge in [-0.3, -0.25) is 4.98 Å². The third kappa shape index (κ3) is 3.89. The summed E-state index contributed by atoms with van der Waals surface area (Å²) in [4.78, 5) is 25.9. The van der Waals surface area contributed by atoms with Crippen LogP contribution in [0.1, 0.15) is 29.0 Å². The van der Waals surface area contributed by atoms with Crippen molar-refractivity contribution in [3.8, 4) is 0 Å². The molecule has 0 saturated carbocycles. The van der Waals surface area contributed by atoms with Crippen LogP contribution in [0.5, 0.6) is 0 Å². The van der Waals surface area contributed by atoms with Crippen LogP contribution in [0.2, 0.25) is 0 Å². The van der Waals surface area contributed by atoms with E-state index in [4.69, 9.17) is 9.84 Å². The molecule has 0 aliphatic carbocycles. The molecule has 0 aliphatic heterocycles. The number of nitrogens with one attached hydrogen (secondary N) is 1. The molecule has 18 heavy (non-hydrogen) atoms. The summed E-state index contributed by atoms with van der Waals surface area (Å²) in [6.45, 7) is 5.27. The zero-order chi connectivity index (χ0) is 13.5. The van der Waals surface area contributed by atoms with E-state index in [0.717, 1.165) is 0 Å². The Kier molecular flexibility index (Phi) is 4.86.